The molecule has 1 aliphatic rings. The second-order valence-corrected chi connectivity index (χ2v) is 4.98. The van der Waals surface area contributed by atoms with Crippen molar-refractivity contribution in [3.05, 3.63) is 12.3 Å². The molecule has 110 valence electrons. The van der Waals surface area contributed by atoms with Crippen LogP contribution in [0.15, 0.2) is 12.3 Å². The zero-order chi connectivity index (χ0) is 14.4. The molecule has 0 aliphatic heterocycles. The van der Waals surface area contributed by atoms with Crippen LogP contribution in [0.4, 0.5) is 5.95 Å². The highest BCUT2D eigenvalue weighted by atomic mass is 16.5. The van der Waals surface area contributed by atoms with E-state index in [4.69, 9.17) is 9.47 Å². The fraction of sp³-hybridized carbons (Fsp3) is 0.643. The fourth-order valence-electron chi connectivity index (χ4n) is 2.58. The van der Waals surface area contributed by atoms with Gasteiger partial charge in [-0.1, -0.05) is 12.8 Å². The molecule has 1 heterocycles. The summed E-state index contributed by atoms with van der Waals surface area (Å²) in [4.78, 5) is 20.5. The van der Waals surface area contributed by atoms with Crippen molar-refractivity contribution in [3.63, 3.8) is 0 Å². The predicted octanol–water partition coefficient (Wildman–Crippen LogP) is 2.02. The van der Waals surface area contributed by atoms with Gasteiger partial charge in [-0.15, -0.1) is 0 Å². The van der Waals surface area contributed by atoms with Gasteiger partial charge in [-0.3, -0.25) is 4.79 Å². The quantitative estimate of drug-likeness (QED) is 0.803. The Kier molecular flexibility index (Phi) is 4.76. The standard InChI is InChI=1S/C14H21N3O3/c1-3-20-12(18)14(7-4-5-8-14)10-16-13-15-9-6-11(17-13)19-2/h6,9H,3-5,7-8,10H2,1-2H3,(H,15,16,17). The monoisotopic (exact) mass is 279 g/mol. The van der Waals surface area contributed by atoms with E-state index in [1.807, 2.05) is 6.92 Å². The molecule has 0 saturated heterocycles. The Labute approximate surface area is 118 Å². The first-order chi connectivity index (χ1) is 9.70. The number of methoxy groups -OCH3 is 1. The normalized spacial score (nSPS) is 16.7. The van der Waals surface area contributed by atoms with Crippen LogP contribution in [0.25, 0.3) is 0 Å². The summed E-state index contributed by atoms with van der Waals surface area (Å²) >= 11 is 0. The molecule has 1 aromatic rings. The summed E-state index contributed by atoms with van der Waals surface area (Å²) in [6, 6.07) is 1.68. The topological polar surface area (TPSA) is 73.3 Å². The summed E-state index contributed by atoms with van der Waals surface area (Å²) in [5, 5.41) is 3.14. The lowest BCUT2D eigenvalue weighted by Gasteiger charge is -2.26. The Hall–Kier alpha value is -1.85. The van der Waals surface area contributed by atoms with Crippen LogP contribution in [0.3, 0.4) is 0 Å². The third-order valence-corrected chi connectivity index (χ3v) is 3.69. The van der Waals surface area contributed by atoms with Gasteiger partial charge in [0.15, 0.2) is 0 Å². The van der Waals surface area contributed by atoms with Gasteiger partial charge < -0.3 is 14.8 Å². The molecule has 1 saturated carbocycles. The zero-order valence-corrected chi connectivity index (χ0v) is 12.0. The average Bonchev–Trinajstić information content (AvgIpc) is 2.96. The van der Waals surface area contributed by atoms with Gasteiger partial charge in [0.2, 0.25) is 11.8 Å². The number of esters is 1. The largest absolute Gasteiger partial charge is 0.481 e. The molecule has 20 heavy (non-hydrogen) atoms. The van der Waals surface area contributed by atoms with Gasteiger partial charge in [0.1, 0.15) is 0 Å². The van der Waals surface area contributed by atoms with Gasteiger partial charge in [-0.25, -0.2) is 4.98 Å². The Morgan fingerprint density at radius 2 is 2.20 bits per heavy atom. The van der Waals surface area contributed by atoms with Gasteiger partial charge in [-0.05, 0) is 19.8 Å². The molecular weight excluding hydrogens is 258 g/mol. The molecule has 2 rings (SSSR count). The molecule has 1 aliphatic carbocycles. The van der Waals surface area contributed by atoms with E-state index in [-0.39, 0.29) is 5.97 Å². The molecule has 1 aromatic heterocycles. The summed E-state index contributed by atoms with van der Waals surface area (Å²) in [6.07, 6.45) is 5.43. The van der Waals surface area contributed by atoms with Crippen molar-refractivity contribution < 1.29 is 14.3 Å². The van der Waals surface area contributed by atoms with Crippen molar-refractivity contribution >= 4 is 11.9 Å². The van der Waals surface area contributed by atoms with Gasteiger partial charge in [0.05, 0.1) is 19.1 Å². The van der Waals surface area contributed by atoms with Crippen molar-refractivity contribution in [1.82, 2.24) is 9.97 Å². The first kappa shape index (κ1) is 14.6. The van der Waals surface area contributed by atoms with E-state index in [2.05, 4.69) is 15.3 Å². The molecule has 0 unspecified atom stereocenters. The first-order valence-electron chi connectivity index (χ1n) is 6.98. The molecule has 0 atom stereocenters. The Morgan fingerprint density at radius 1 is 1.45 bits per heavy atom. The molecule has 1 fully saturated rings. The van der Waals surface area contributed by atoms with Crippen LogP contribution in [-0.2, 0) is 9.53 Å². The number of carbonyl (C=O) groups is 1. The highest BCUT2D eigenvalue weighted by molar-refractivity contribution is 5.78. The summed E-state index contributed by atoms with van der Waals surface area (Å²) in [7, 11) is 1.56. The first-order valence-corrected chi connectivity index (χ1v) is 6.98. The lowest BCUT2D eigenvalue weighted by atomic mass is 9.86. The van der Waals surface area contributed by atoms with Crippen LogP contribution in [0.5, 0.6) is 5.88 Å². The minimum Gasteiger partial charge on any atom is -0.481 e. The van der Waals surface area contributed by atoms with Gasteiger partial charge in [-0.2, -0.15) is 4.98 Å². The number of ether oxygens (including phenoxy) is 2. The summed E-state index contributed by atoms with van der Waals surface area (Å²) in [5.74, 6) is 0.854. The molecule has 0 amide bonds. The van der Waals surface area contributed by atoms with E-state index in [0.29, 0.717) is 25.0 Å². The molecule has 0 bridgehead atoms. The highest BCUT2D eigenvalue weighted by Gasteiger charge is 2.42. The number of rotatable bonds is 6. The van der Waals surface area contributed by atoms with Crippen molar-refractivity contribution in [1.29, 1.82) is 0 Å². The second-order valence-electron chi connectivity index (χ2n) is 4.98. The SMILES string of the molecule is CCOC(=O)C1(CNc2nccc(OC)n2)CCCC1. The number of anilines is 1. The highest BCUT2D eigenvalue weighted by Crippen LogP contribution is 2.39. The predicted molar refractivity (Wildman–Crippen MR) is 74.6 cm³/mol. The number of hydrogen-bond donors (Lipinski definition) is 1. The van der Waals surface area contributed by atoms with Crippen molar-refractivity contribution in [2.45, 2.75) is 32.6 Å². The van der Waals surface area contributed by atoms with Gasteiger partial charge in [0.25, 0.3) is 0 Å². The fourth-order valence-corrected chi connectivity index (χ4v) is 2.58. The number of nitrogens with one attached hydrogen (secondary N) is 1. The maximum Gasteiger partial charge on any atom is 0.313 e. The van der Waals surface area contributed by atoms with Crippen LogP contribution >= 0.6 is 0 Å². The van der Waals surface area contributed by atoms with Crippen molar-refractivity contribution in [2.24, 2.45) is 5.41 Å². The van der Waals surface area contributed by atoms with Crippen molar-refractivity contribution in [3.8, 4) is 5.88 Å². The lowest BCUT2D eigenvalue weighted by molar-refractivity contribution is -0.154. The van der Waals surface area contributed by atoms with Crippen LogP contribution in [0, 0.1) is 5.41 Å². The smallest absolute Gasteiger partial charge is 0.313 e. The Bertz CT molecular complexity index is 459. The van der Waals surface area contributed by atoms with Crippen LogP contribution < -0.4 is 10.1 Å². The lowest BCUT2D eigenvalue weighted by Crippen LogP contribution is -2.37. The summed E-state index contributed by atoms with van der Waals surface area (Å²) < 4.78 is 10.3. The van der Waals surface area contributed by atoms with E-state index < -0.39 is 5.41 Å². The molecule has 1 N–H and O–H groups in total. The maximum absolute atomic E-state index is 12.2. The second kappa shape index (κ2) is 6.54. The van der Waals surface area contributed by atoms with Crippen LogP contribution in [-0.4, -0.2) is 36.2 Å². The molecule has 6 nitrogen and oxygen atoms in total. The van der Waals surface area contributed by atoms with Crippen molar-refractivity contribution in [2.75, 3.05) is 25.6 Å². The molecule has 0 spiro atoms. The van der Waals surface area contributed by atoms with Crippen LogP contribution in [0.1, 0.15) is 32.6 Å². The van der Waals surface area contributed by atoms with E-state index >= 15 is 0 Å². The Balaban J connectivity index is 2.03. The Morgan fingerprint density at radius 3 is 2.85 bits per heavy atom. The molecule has 6 heteroatoms. The van der Waals surface area contributed by atoms with E-state index in [0.717, 1.165) is 25.7 Å². The van der Waals surface area contributed by atoms with Gasteiger partial charge >= 0.3 is 5.97 Å². The third kappa shape index (κ3) is 3.18. The zero-order valence-electron chi connectivity index (χ0n) is 12.0. The number of aromatic nitrogens is 2. The van der Waals surface area contributed by atoms with Crippen LogP contribution in [0.2, 0.25) is 0 Å². The third-order valence-electron chi connectivity index (χ3n) is 3.69. The van der Waals surface area contributed by atoms with E-state index in [1.165, 1.54) is 0 Å². The number of hydrogen-bond acceptors (Lipinski definition) is 6. The number of carbonyl (C=O) groups excluding carboxylic acids is 1. The van der Waals surface area contributed by atoms with E-state index in [1.54, 1.807) is 19.4 Å². The summed E-state index contributed by atoms with van der Waals surface area (Å²) in [6.45, 7) is 2.74. The minimum absolute atomic E-state index is 0.118. The van der Waals surface area contributed by atoms with E-state index in [9.17, 15) is 4.79 Å². The van der Waals surface area contributed by atoms with Gasteiger partial charge in [0, 0.05) is 18.8 Å². The molecule has 0 aromatic carbocycles. The summed E-state index contributed by atoms with van der Waals surface area (Å²) in [5.41, 5.74) is -0.442. The number of nitrogens with zero attached hydrogens (tertiary/aromatic N) is 2. The minimum atomic E-state index is -0.442. The molecular formula is C14H21N3O3. The maximum atomic E-state index is 12.2. The molecule has 0 radical (unpaired) electrons. The average molecular weight is 279 g/mol.